The van der Waals surface area contributed by atoms with Gasteiger partial charge in [0.15, 0.2) is 0 Å². The van der Waals surface area contributed by atoms with Crippen LogP contribution in [-0.4, -0.2) is 19.7 Å². The quantitative estimate of drug-likeness (QED) is 0.369. The van der Waals surface area contributed by atoms with Crippen molar-refractivity contribution in [3.05, 3.63) is 64.8 Å². The van der Waals surface area contributed by atoms with E-state index in [1.54, 1.807) is 16.8 Å². The molecule has 1 radical (unpaired) electrons. The maximum absolute atomic E-state index is 7.10. The minimum absolute atomic E-state index is 0. The van der Waals surface area contributed by atoms with Gasteiger partial charge in [-0.2, -0.15) is 5.10 Å². The smallest absolute Gasteiger partial charge is 0.439 e. The van der Waals surface area contributed by atoms with E-state index in [0.29, 0.717) is 22.5 Å². The van der Waals surface area contributed by atoms with Gasteiger partial charge in [-0.1, -0.05) is 35.9 Å². The van der Waals surface area contributed by atoms with Gasteiger partial charge in [0.1, 0.15) is 11.8 Å². The Morgan fingerprint density at radius 1 is 1.19 bits per heavy atom. The fourth-order valence-corrected chi connectivity index (χ4v) is 3.18. The zero-order chi connectivity index (χ0) is 17.6. The normalized spacial score (nSPS) is 10.5. The molecule has 0 atom stereocenters. The number of hydrogen-bond donors (Lipinski definition) is 0. The van der Waals surface area contributed by atoms with Crippen molar-refractivity contribution in [1.29, 1.82) is 0 Å². The molecule has 4 rings (SSSR count). The van der Waals surface area contributed by atoms with Crippen molar-refractivity contribution in [2.24, 2.45) is 0 Å². The molecule has 131 valence electrons. The summed E-state index contributed by atoms with van der Waals surface area (Å²) in [6, 6.07) is 10.9. The van der Waals surface area contributed by atoms with E-state index >= 15 is 0 Å². The maximum Gasteiger partial charge on any atom is 0.439 e. The topological polar surface area (TPSA) is 61.1 Å². The van der Waals surface area contributed by atoms with Crippen LogP contribution >= 0.6 is 0 Å². The van der Waals surface area contributed by atoms with Crippen molar-refractivity contribution >= 4 is 17.1 Å². The first-order valence-electron chi connectivity index (χ1n) is 7.76. The minimum Gasteiger partial charge on any atom is -0.478 e. The van der Waals surface area contributed by atoms with Gasteiger partial charge in [0, 0.05) is 20.1 Å². The molecule has 0 spiro atoms. The monoisotopic (exact) mass is 521 g/mol. The molecule has 2 aromatic heterocycles. The first kappa shape index (κ1) is 18.0. The predicted molar refractivity (Wildman–Crippen MR) is 93.7 cm³/mol. The first-order chi connectivity index (χ1) is 12.1. The second kappa shape index (κ2) is 6.83. The molecular weight excluding hydrogens is 506 g/mol. The molecule has 0 bridgehead atoms. The molecular formula is C19H14IrN5O-. The van der Waals surface area contributed by atoms with Crippen LogP contribution in [0.2, 0.25) is 0 Å². The van der Waals surface area contributed by atoms with Crippen LogP contribution in [0.4, 0.5) is 6.01 Å². The fourth-order valence-electron chi connectivity index (χ4n) is 3.18. The Morgan fingerprint density at radius 3 is 2.62 bits per heavy atom. The summed E-state index contributed by atoms with van der Waals surface area (Å²) in [7, 11) is 0. The number of rotatable bonds is 2. The largest absolute Gasteiger partial charge is 0.478 e. The van der Waals surface area contributed by atoms with Gasteiger partial charge in [-0.25, -0.2) is 0 Å². The van der Waals surface area contributed by atoms with Crippen LogP contribution in [0.25, 0.3) is 33.0 Å². The zero-order valence-corrected chi connectivity index (χ0v) is 16.8. The minimum atomic E-state index is 0. The van der Waals surface area contributed by atoms with Gasteiger partial charge in [-0.05, 0) is 31.9 Å². The molecule has 2 aromatic carbocycles. The molecule has 0 aliphatic rings. The van der Waals surface area contributed by atoms with Gasteiger partial charge < -0.3 is 9.26 Å². The van der Waals surface area contributed by atoms with E-state index in [4.69, 9.17) is 11.0 Å². The Hall–Kier alpha value is -2.81. The van der Waals surface area contributed by atoms with E-state index in [-0.39, 0.29) is 26.1 Å². The number of hydrogen-bond acceptors (Lipinski definition) is 4. The number of benzene rings is 2. The van der Waals surface area contributed by atoms with Crippen molar-refractivity contribution in [2.75, 3.05) is 0 Å². The molecule has 0 aliphatic heterocycles. The first-order valence-corrected chi connectivity index (χ1v) is 7.76. The third-order valence-corrected chi connectivity index (χ3v) is 4.06. The number of aromatic nitrogens is 4. The van der Waals surface area contributed by atoms with Crippen molar-refractivity contribution < 1.29 is 24.5 Å². The summed E-state index contributed by atoms with van der Waals surface area (Å²) < 4.78 is 7.22. The predicted octanol–water partition coefficient (Wildman–Crippen LogP) is 4.35. The van der Waals surface area contributed by atoms with Crippen LogP contribution in [0.3, 0.4) is 0 Å². The molecule has 6 nitrogen and oxygen atoms in total. The summed E-state index contributed by atoms with van der Waals surface area (Å²) in [5.41, 5.74) is 6.16. The average Bonchev–Trinajstić information content (AvgIpc) is 3.19. The van der Waals surface area contributed by atoms with Crippen molar-refractivity contribution in [3.63, 3.8) is 0 Å². The summed E-state index contributed by atoms with van der Waals surface area (Å²) in [5, 5.41) is 4.41. The van der Waals surface area contributed by atoms with E-state index in [9.17, 15) is 0 Å². The van der Waals surface area contributed by atoms with Crippen LogP contribution in [0.5, 0.6) is 0 Å². The SMILES string of the molecule is [C-]#[N+]c1nc2c(-c3ncnn3-c3c(C)cc(C)cc3C)[c-]ccc2o1.[Ir]. The Kier molecular flexibility index (Phi) is 4.73. The molecule has 7 heteroatoms. The van der Waals surface area contributed by atoms with Crippen molar-refractivity contribution in [1.82, 2.24) is 19.7 Å². The Morgan fingerprint density at radius 2 is 1.92 bits per heavy atom. The molecule has 0 fully saturated rings. The molecule has 0 amide bonds. The average molecular weight is 521 g/mol. The maximum atomic E-state index is 7.10. The molecule has 0 unspecified atom stereocenters. The third kappa shape index (κ3) is 2.84. The summed E-state index contributed by atoms with van der Waals surface area (Å²) in [5.74, 6) is 0.616. The van der Waals surface area contributed by atoms with Gasteiger partial charge in [-0.3, -0.25) is 9.67 Å². The number of fused-ring (bicyclic) bond motifs is 1. The Labute approximate surface area is 164 Å². The Balaban J connectivity index is 0.00000196. The van der Waals surface area contributed by atoms with Gasteiger partial charge >= 0.3 is 6.01 Å². The number of nitrogens with zero attached hydrogens (tertiary/aromatic N) is 5. The van der Waals surface area contributed by atoms with Crippen molar-refractivity contribution in [3.8, 4) is 17.1 Å². The van der Waals surface area contributed by atoms with E-state index < -0.39 is 0 Å². The molecule has 0 N–H and O–H groups in total. The van der Waals surface area contributed by atoms with Crippen LogP contribution in [0, 0.1) is 33.4 Å². The van der Waals surface area contributed by atoms with Gasteiger partial charge in [0.2, 0.25) is 0 Å². The summed E-state index contributed by atoms with van der Waals surface area (Å²) >= 11 is 0. The Bertz CT molecular complexity index is 1130. The van der Waals surface area contributed by atoms with Crippen LogP contribution in [-0.2, 0) is 20.1 Å². The van der Waals surface area contributed by atoms with Gasteiger partial charge in [0.25, 0.3) is 0 Å². The fraction of sp³-hybridized carbons (Fsp3) is 0.158. The molecule has 0 aliphatic carbocycles. The second-order valence-corrected chi connectivity index (χ2v) is 5.92. The molecule has 0 saturated heterocycles. The van der Waals surface area contributed by atoms with Crippen molar-refractivity contribution in [2.45, 2.75) is 20.8 Å². The summed E-state index contributed by atoms with van der Waals surface area (Å²) in [6.07, 6.45) is 1.51. The second-order valence-electron chi connectivity index (χ2n) is 5.92. The molecule has 26 heavy (non-hydrogen) atoms. The molecule has 4 aromatic rings. The van der Waals surface area contributed by atoms with Gasteiger partial charge in [-0.15, -0.1) is 17.1 Å². The summed E-state index contributed by atoms with van der Waals surface area (Å²) in [4.78, 5) is 11.9. The molecule has 2 heterocycles. The summed E-state index contributed by atoms with van der Waals surface area (Å²) in [6.45, 7) is 13.3. The zero-order valence-electron chi connectivity index (χ0n) is 14.4. The molecule has 0 saturated carbocycles. The van der Waals surface area contributed by atoms with Crippen LogP contribution in [0.1, 0.15) is 16.7 Å². The van der Waals surface area contributed by atoms with Crippen LogP contribution in [0.15, 0.2) is 35.0 Å². The number of oxazole rings is 1. The van der Waals surface area contributed by atoms with E-state index in [2.05, 4.69) is 58.9 Å². The van der Waals surface area contributed by atoms with E-state index in [1.807, 2.05) is 0 Å². The van der Waals surface area contributed by atoms with Gasteiger partial charge in [0.05, 0.1) is 17.1 Å². The van der Waals surface area contributed by atoms with E-state index in [0.717, 1.165) is 16.8 Å². The van der Waals surface area contributed by atoms with Crippen LogP contribution < -0.4 is 0 Å². The number of aryl methyl sites for hydroxylation is 3. The third-order valence-electron chi connectivity index (χ3n) is 4.06. The van der Waals surface area contributed by atoms with E-state index in [1.165, 1.54) is 11.9 Å². The standard InChI is InChI=1S/C19H14N5O.Ir/c1-11-8-12(2)17(13(3)9-11)24-18(21-10-22-24)14-6-5-7-15-16(14)23-19(20-4)25-15;/h5,7-10H,1-3H3;/q-1;.